The van der Waals surface area contributed by atoms with Crippen LogP contribution >= 0.6 is 16.5 Å². The highest BCUT2D eigenvalue weighted by Gasteiger charge is 2.31. The lowest BCUT2D eigenvalue weighted by Gasteiger charge is -1.81. The number of hydrogen-bond acceptors (Lipinski definition) is 4. The summed E-state index contributed by atoms with van der Waals surface area (Å²) in [5.74, 6) is 0. The fourth-order valence-corrected chi connectivity index (χ4v) is 0.538. The summed E-state index contributed by atoms with van der Waals surface area (Å²) in [6, 6.07) is 0.333. The average molecular weight is 203 g/mol. The largest absolute Gasteiger partial charge is 0.745 e. The van der Waals surface area contributed by atoms with E-state index in [2.05, 4.69) is 4.31 Å². The lowest BCUT2D eigenvalue weighted by atomic mass is 10.5. The smallest absolute Gasteiger partial charge is 0.328 e. The normalized spacial score (nSPS) is 11.8. The summed E-state index contributed by atoms with van der Waals surface area (Å²) in [5, 5.41) is 0. The molecule has 6 nitrogen and oxygen atoms in total. The van der Waals surface area contributed by atoms with Gasteiger partial charge in [-0.3, -0.25) is 0 Å². The Kier molecular flexibility index (Phi) is 10.1. The molecule has 0 amide bonds. The second-order valence-corrected chi connectivity index (χ2v) is 3.41. The van der Waals surface area contributed by atoms with Crippen LogP contribution in [0.1, 0.15) is 13.8 Å². The van der Waals surface area contributed by atoms with Crippen molar-refractivity contribution in [2.75, 3.05) is 0 Å². The number of nitrogens with two attached hydrogens (primary N) is 1. The van der Waals surface area contributed by atoms with Gasteiger partial charge in [0, 0.05) is 9.13 Å². The summed E-state index contributed by atoms with van der Waals surface area (Å²) < 4.78 is 22.2. The first kappa shape index (κ1) is 13.6. The molecule has 2 unspecified atom stereocenters. The molecule has 0 fully saturated rings. The molecule has 0 aromatic rings. The van der Waals surface area contributed by atoms with Gasteiger partial charge in [0.25, 0.3) is 0 Å². The summed E-state index contributed by atoms with van der Waals surface area (Å²) in [5.41, 5.74) is 5.11. The molecular formula is C3H11NO5P2+2. The van der Waals surface area contributed by atoms with E-state index in [1.165, 1.54) is 0 Å². The van der Waals surface area contributed by atoms with E-state index in [1.807, 2.05) is 13.8 Å². The van der Waals surface area contributed by atoms with E-state index >= 15 is 0 Å². The van der Waals surface area contributed by atoms with Crippen LogP contribution in [0.3, 0.4) is 0 Å². The van der Waals surface area contributed by atoms with E-state index < -0.39 is 16.5 Å². The van der Waals surface area contributed by atoms with Crippen molar-refractivity contribution in [1.29, 1.82) is 0 Å². The first-order valence-electron chi connectivity index (χ1n) is 2.62. The monoisotopic (exact) mass is 203 g/mol. The molecule has 0 spiro atoms. The molecule has 0 radical (unpaired) electrons. The third kappa shape index (κ3) is 39.8. The lowest BCUT2D eigenvalue weighted by molar-refractivity contribution is 0.371. The van der Waals surface area contributed by atoms with Gasteiger partial charge in [-0.2, -0.15) is 0 Å². The first-order valence-corrected chi connectivity index (χ1v) is 4.88. The maximum Gasteiger partial charge on any atom is 0.745 e. The van der Waals surface area contributed by atoms with Crippen LogP contribution in [0.25, 0.3) is 0 Å². The molecular weight excluding hydrogens is 192 g/mol. The Morgan fingerprint density at radius 2 is 1.45 bits per heavy atom. The maximum absolute atomic E-state index is 9.39. The Labute approximate surface area is 66.3 Å². The van der Waals surface area contributed by atoms with Gasteiger partial charge in [0.15, 0.2) is 4.31 Å². The lowest BCUT2D eigenvalue weighted by Crippen LogP contribution is -2.06. The van der Waals surface area contributed by atoms with Crippen LogP contribution in [-0.2, 0) is 13.4 Å². The molecule has 0 aromatic carbocycles. The van der Waals surface area contributed by atoms with Crippen molar-refractivity contribution < 1.29 is 23.2 Å². The van der Waals surface area contributed by atoms with Crippen LogP contribution in [0, 0.1) is 0 Å². The van der Waals surface area contributed by atoms with Crippen LogP contribution in [-0.4, -0.2) is 15.8 Å². The molecule has 8 heteroatoms. The Morgan fingerprint density at radius 3 is 1.45 bits per heavy atom. The number of rotatable bonds is 2. The molecule has 0 aliphatic carbocycles. The molecule has 0 aliphatic rings. The van der Waals surface area contributed by atoms with Gasteiger partial charge < -0.3 is 5.73 Å². The van der Waals surface area contributed by atoms with Gasteiger partial charge in [0.2, 0.25) is 0 Å². The molecule has 0 saturated heterocycles. The minimum atomic E-state index is -2.92. The SMILES string of the molecule is CC(C)N.O=[P+](O)O[P+](=O)O. The van der Waals surface area contributed by atoms with Crippen molar-refractivity contribution in [3.63, 3.8) is 0 Å². The molecule has 0 aromatic heterocycles. The topological polar surface area (TPSA) is 110 Å². The predicted molar refractivity (Wildman–Crippen MR) is 40.1 cm³/mol. The predicted octanol–water partition coefficient (Wildman–Crippen LogP) is 0.656. The van der Waals surface area contributed by atoms with Crippen molar-refractivity contribution in [3.8, 4) is 0 Å². The van der Waals surface area contributed by atoms with Gasteiger partial charge in [-0.05, 0) is 6.04 Å². The van der Waals surface area contributed by atoms with Crippen molar-refractivity contribution in [2.24, 2.45) is 5.73 Å². The molecule has 66 valence electrons. The Balaban J connectivity index is 0. The maximum atomic E-state index is 9.39. The summed E-state index contributed by atoms with van der Waals surface area (Å²) >= 11 is 0. The second-order valence-electron chi connectivity index (χ2n) is 1.80. The van der Waals surface area contributed by atoms with Gasteiger partial charge in [0.1, 0.15) is 0 Å². The van der Waals surface area contributed by atoms with Crippen LogP contribution in [0.5, 0.6) is 0 Å². The van der Waals surface area contributed by atoms with Gasteiger partial charge in [0.05, 0.1) is 0 Å². The Hall–Kier alpha value is 0.0400. The molecule has 2 atom stereocenters. The first-order chi connectivity index (χ1) is 4.86. The fraction of sp³-hybridized carbons (Fsp3) is 1.00. The Morgan fingerprint density at radius 1 is 1.27 bits per heavy atom. The van der Waals surface area contributed by atoms with Gasteiger partial charge in [-0.1, -0.05) is 13.8 Å². The molecule has 0 aliphatic heterocycles. The van der Waals surface area contributed by atoms with Gasteiger partial charge >= 0.3 is 16.5 Å². The fourth-order valence-electron chi connectivity index (χ4n) is 0.0598. The summed E-state index contributed by atoms with van der Waals surface area (Å²) in [6.07, 6.45) is 0. The van der Waals surface area contributed by atoms with Crippen molar-refractivity contribution in [1.82, 2.24) is 0 Å². The van der Waals surface area contributed by atoms with Crippen LogP contribution in [0.4, 0.5) is 0 Å². The molecule has 0 bridgehead atoms. The Bertz CT molecular complexity index is 123. The van der Waals surface area contributed by atoms with E-state index in [0.717, 1.165) is 0 Å². The van der Waals surface area contributed by atoms with E-state index in [1.54, 1.807) is 0 Å². The molecule has 0 rings (SSSR count). The van der Waals surface area contributed by atoms with Crippen molar-refractivity contribution in [2.45, 2.75) is 19.9 Å². The minimum absolute atomic E-state index is 0.333. The third-order valence-electron chi connectivity index (χ3n) is 0.140. The van der Waals surface area contributed by atoms with E-state index in [0.29, 0.717) is 6.04 Å². The van der Waals surface area contributed by atoms with Crippen LogP contribution in [0.2, 0.25) is 0 Å². The summed E-state index contributed by atoms with van der Waals surface area (Å²) in [7, 11) is -5.85. The highest BCUT2D eigenvalue weighted by atomic mass is 31.2. The van der Waals surface area contributed by atoms with E-state index in [9.17, 15) is 9.13 Å². The average Bonchev–Trinajstić information content (AvgIpc) is 1.56. The highest BCUT2D eigenvalue weighted by Crippen LogP contribution is 2.30. The standard InChI is InChI=1S/C3H9N.O5P2/c1-3(2)4;1-6(2)5-7(3)4/h3H,4H2,1-2H3;/p+2. The number of hydrogen-bond donors (Lipinski definition) is 3. The van der Waals surface area contributed by atoms with Crippen molar-refractivity contribution >= 4 is 16.5 Å². The van der Waals surface area contributed by atoms with Gasteiger partial charge in [-0.15, -0.1) is 9.79 Å². The zero-order valence-electron chi connectivity index (χ0n) is 6.17. The van der Waals surface area contributed by atoms with Crippen LogP contribution in [0.15, 0.2) is 0 Å². The molecule has 11 heavy (non-hydrogen) atoms. The van der Waals surface area contributed by atoms with E-state index in [-0.39, 0.29) is 0 Å². The van der Waals surface area contributed by atoms with Crippen LogP contribution < -0.4 is 5.73 Å². The summed E-state index contributed by atoms with van der Waals surface area (Å²) in [6.45, 7) is 3.89. The molecule has 0 heterocycles. The molecule has 0 saturated carbocycles. The minimum Gasteiger partial charge on any atom is -0.328 e. The van der Waals surface area contributed by atoms with Crippen molar-refractivity contribution in [3.05, 3.63) is 0 Å². The van der Waals surface area contributed by atoms with E-state index in [4.69, 9.17) is 15.5 Å². The highest BCUT2D eigenvalue weighted by molar-refractivity contribution is 7.46. The third-order valence-corrected chi connectivity index (χ3v) is 1.26. The van der Waals surface area contributed by atoms with Gasteiger partial charge in [-0.25, -0.2) is 0 Å². The summed E-state index contributed by atoms with van der Waals surface area (Å²) in [4.78, 5) is 15.3. The zero-order valence-corrected chi connectivity index (χ0v) is 7.96. The quantitative estimate of drug-likeness (QED) is 0.568. The second kappa shape index (κ2) is 8.14. The zero-order chi connectivity index (χ0) is 9.44. The molecule has 4 N–H and O–H groups in total.